The first kappa shape index (κ1) is 17.0. The molecule has 0 bridgehead atoms. The van der Waals surface area contributed by atoms with Gasteiger partial charge in [-0.1, -0.05) is 13.3 Å². The maximum atomic E-state index is 12.5. The van der Waals surface area contributed by atoms with E-state index in [4.69, 9.17) is 0 Å². The Bertz CT molecular complexity index is 889. The zero-order valence-electron chi connectivity index (χ0n) is 15.1. The minimum Gasteiger partial charge on any atom is -0.321 e. The first-order valence-corrected chi connectivity index (χ1v) is 8.45. The van der Waals surface area contributed by atoms with E-state index in [1.165, 1.54) is 0 Å². The second kappa shape index (κ2) is 6.93. The largest absolute Gasteiger partial charge is 0.321 e. The monoisotopic (exact) mass is 337 g/mol. The molecule has 3 aromatic rings. The van der Waals surface area contributed by atoms with Crippen molar-refractivity contribution in [3.05, 3.63) is 59.4 Å². The molecule has 6 nitrogen and oxygen atoms in total. The van der Waals surface area contributed by atoms with Crippen LogP contribution in [-0.4, -0.2) is 25.2 Å². The second-order valence-electron chi connectivity index (χ2n) is 6.18. The standard InChI is InChI=1S/C19H23N5O/c1-5-6-16-11-18(23(4)22-16)19(25)21-15-7-9-17(10-8-15)24-12-20-13(2)14(24)3/h7-12H,5-6H2,1-4H3,(H,21,25). The van der Waals surface area contributed by atoms with Gasteiger partial charge in [0.1, 0.15) is 5.69 Å². The van der Waals surface area contributed by atoms with Crippen molar-refractivity contribution < 1.29 is 4.79 Å². The lowest BCUT2D eigenvalue weighted by atomic mass is 10.2. The number of hydrogen-bond acceptors (Lipinski definition) is 3. The zero-order chi connectivity index (χ0) is 18.0. The highest BCUT2D eigenvalue weighted by atomic mass is 16.2. The first-order valence-electron chi connectivity index (χ1n) is 8.45. The van der Waals surface area contributed by atoms with E-state index in [0.29, 0.717) is 5.69 Å². The molecule has 1 aromatic carbocycles. The van der Waals surface area contributed by atoms with Crippen LogP contribution in [0.25, 0.3) is 5.69 Å². The summed E-state index contributed by atoms with van der Waals surface area (Å²) < 4.78 is 3.66. The molecule has 0 saturated carbocycles. The quantitative estimate of drug-likeness (QED) is 0.776. The molecule has 6 heteroatoms. The molecule has 0 aliphatic heterocycles. The van der Waals surface area contributed by atoms with Crippen molar-refractivity contribution in [1.29, 1.82) is 0 Å². The molecule has 2 heterocycles. The molecule has 3 rings (SSSR count). The lowest BCUT2D eigenvalue weighted by Gasteiger charge is -2.08. The fraction of sp³-hybridized carbons (Fsp3) is 0.316. The molecule has 0 unspecified atom stereocenters. The normalized spacial score (nSPS) is 10.9. The highest BCUT2D eigenvalue weighted by Crippen LogP contribution is 2.17. The number of nitrogens with zero attached hydrogens (tertiary/aromatic N) is 4. The third-order valence-electron chi connectivity index (χ3n) is 4.32. The number of nitrogens with one attached hydrogen (secondary N) is 1. The van der Waals surface area contributed by atoms with Crippen molar-refractivity contribution in [1.82, 2.24) is 19.3 Å². The molecule has 0 atom stereocenters. The van der Waals surface area contributed by atoms with E-state index in [1.54, 1.807) is 11.7 Å². The van der Waals surface area contributed by atoms with Crippen LogP contribution in [0.2, 0.25) is 0 Å². The Morgan fingerprint density at radius 1 is 1.20 bits per heavy atom. The third-order valence-corrected chi connectivity index (χ3v) is 4.32. The number of amides is 1. The molecule has 0 fully saturated rings. The van der Waals surface area contributed by atoms with E-state index in [-0.39, 0.29) is 5.91 Å². The van der Waals surface area contributed by atoms with Crippen molar-refractivity contribution in [3.8, 4) is 5.69 Å². The van der Waals surface area contributed by atoms with Crippen molar-refractivity contribution in [2.75, 3.05) is 5.32 Å². The summed E-state index contributed by atoms with van der Waals surface area (Å²) in [5, 5.41) is 7.30. The van der Waals surface area contributed by atoms with E-state index >= 15 is 0 Å². The van der Waals surface area contributed by atoms with Gasteiger partial charge in [-0.3, -0.25) is 9.48 Å². The number of aryl methyl sites for hydroxylation is 3. The molecular weight excluding hydrogens is 314 g/mol. The predicted molar refractivity (Wildman–Crippen MR) is 98.2 cm³/mol. The Labute approximate surface area is 147 Å². The molecule has 0 saturated heterocycles. The summed E-state index contributed by atoms with van der Waals surface area (Å²) in [7, 11) is 1.79. The fourth-order valence-electron chi connectivity index (χ4n) is 2.78. The van der Waals surface area contributed by atoms with Crippen LogP contribution in [0.3, 0.4) is 0 Å². The summed E-state index contributed by atoms with van der Waals surface area (Å²) in [6, 6.07) is 9.58. The van der Waals surface area contributed by atoms with Crippen LogP contribution in [0.1, 0.15) is 40.9 Å². The van der Waals surface area contributed by atoms with E-state index in [2.05, 4.69) is 22.3 Å². The summed E-state index contributed by atoms with van der Waals surface area (Å²) in [6.07, 6.45) is 3.69. The molecule has 2 aromatic heterocycles. The van der Waals surface area contributed by atoms with Gasteiger partial charge in [0.05, 0.1) is 17.7 Å². The highest BCUT2D eigenvalue weighted by Gasteiger charge is 2.13. The van der Waals surface area contributed by atoms with Crippen molar-refractivity contribution in [2.45, 2.75) is 33.6 Å². The number of imidazole rings is 1. The second-order valence-corrected chi connectivity index (χ2v) is 6.18. The molecule has 0 aliphatic carbocycles. The maximum Gasteiger partial charge on any atom is 0.273 e. The number of hydrogen-bond donors (Lipinski definition) is 1. The fourth-order valence-corrected chi connectivity index (χ4v) is 2.78. The minimum atomic E-state index is -0.153. The number of aromatic nitrogens is 4. The number of benzene rings is 1. The summed E-state index contributed by atoms with van der Waals surface area (Å²) in [4.78, 5) is 16.8. The topological polar surface area (TPSA) is 64.7 Å². The average molecular weight is 337 g/mol. The Balaban J connectivity index is 1.75. The summed E-state index contributed by atoms with van der Waals surface area (Å²) in [5.74, 6) is -0.153. The lowest BCUT2D eigenvalue weighted by molar-refractivity contribution is 0.101. The third kappa shape index (κ3) is 3.47. The minimum absolute atomic E-state index is 0.153. The van der Waals surface area contributed by atoms with Crippen LogP contribution >= 0.6 is 0 Å². The number of rotatable bonds is 5. The van der Waals surface area contributed by atoms with Gasteiger partial charge in [0.2, 0.25) is 0 Å². The van der Waals surface area contributed by atoms with Gasteiger partial charge in [0.15, 0.2) is 0 Å². The van der Waals surface area contributed by atoms with E-state index in [0.717, 1.165) is 41.3 Å². The van der Waals surface area contributed by atoms with Crippen LogP contribution in [0.5, 0.6) is 0 Å². The van der Waals surface area contributed by atoms with E-state index in [9.17, 15) is 4.79 Å². The van der Waals surface area contributed by atoms with Gasteiger partial charge in [-0.25, -0.2) is 4.98 Å². The van der Waals surface area contributed by atoms with E-state index in [1.807, 2.05) is 55.1 Å². The summed E-state index contributed by atoms with van der Waals surface area (Å²) in [6.45, 7) is 6.12. The van der Waals surface area contributed by atoms with Crippen LogP contribution in [0.15, 0.2) is 36.7 Å². The summed E-state index contributed by atoms with van der Waals surface area (Å²) in [5.41, 5.74) is 5.39. The van der Waals surface area contributed by atoms with Crippen LogP contribution in [0.4, 0.5) is 5.69 Å². The van der Waals surface area contributed by atoms with Gasteiger partial charge >= 0.3 is 0 Å². The Morgan fingerprint density at radius 3 is 2.52 bits per heavy atom. The van der Waals surface area contributed by atoms with Crippen molar-refractivity contribution in [2.24, 2.45) is 7.05 Å². The van der Waals surface area contributed by atoms with Crippen LogP contribution in [0, 0.1) is 13.8 Å². The van der Waals surface area contributed by atoms with Crippen molar-refractivity contribution in [3.63, 3.8) is 0 Å². The molecule has 0 aliphatic rings. The SMILES string of the molecule is CCCc1cc(C(=O)Nc2ccc(-n3cnc(C)c3C)cc2)n(C)n1. The molecule has 25 heavy (non-hydrogen) atoms. The molecule has 1 amide bonds. The Hall–Kier alpha value is -2.89. The van der Waals surface area contributed by atoms with Gasteiger partial charge in [-0.2, -0.15) is 5.10 Å². The lowest BCUT2D eigenvalue weighted by Crippen LogP contribution is -2.16. The van der Waals surface area contributed by atoms with Gasteiger partial charge in [-0.15, -0.1) is 0 Å². The van der Waals surface area contributed by atoms with Crippen LogP contribution < -0.4 is 5.32 Å². The number of carbonyl (C=O) groups excluding carboxylic acids is 1. The van der Waals surface area contributed by atoms with Crippen molar-refractivity contribution >= 4 is 11.6 Å². The Morgan fingerprint density at radius 2 is 1.92 bits per heavy atom. The smallest absolute Gasteiger partial charge is 0.273 e. The molecule has 1 N–H and O–H groups in total. The molecular formula is C19H23N5O. The van der Waals surface area contributed by atoms with Gasteiger partial charge in [-0.05, 0) is 50.6 Å². The number of anilines is 1. The zero-order valence-corrected chi connectivity index (χ0v) is 15.1. The van der Waals surface area contributed by atoms with Crippen LogP contribution in [-0.2, 0) is 13.5 Å². The molecule has 0 radical (unpaired) electrons. The maximum absolute atomic E-state index is 12.5. The van der Waals surface area contributed by atoms with Gasteiger partial charge in [0, 0.05) is 24.1 Å². The van der Waals surface area contributed by atoms with Gasteiger partial charge < -0.3 is 9.88 Å². The Kier molecular flexibility index (Phi) is 4.70. The van der Waals surface area contributed by atoms with E-state index < -0.39 is 0 Å². The first-order chi connectivity index (χ1) is 12.0. The number of carbonyl (C=O) groups is 1. The summed E-state index contributed by atoms with van der Waals surface area (Å²) >= 11 is 0. The van der Waals surface area contributed by atoms with Gasteiger partial charge in [0.25, 0.3) is 5.91 Å². The average Bonchev–Trinajstić information content (AvgIpc) is 3.12. The molecule has 0 spiro atoms. The predicted octanol–water partition coefficient (Wildman–Crippen LogP) is 3.43. The highest BCUT2D eigenvalue weighted by molar-refractivity contribution is 6.03. The molecule has 130 valence electrons.